The Morgan fingerprint density at radius 2 is 1.74 bits per heavy atom. The lowest BCUT2D eigenvalue weighted by atomic mass is 10.1. The highest BCUT2D eigenvalue weighted by molar-refractivity contribution is 9.10. The van der Waals surface area contributed by atoms with Gasteiger partial charge in [-0.25, -0.2) is 13.8 Å². The fraction of sp³-hybridized carbons (Fsp3) is 0.217. The van der Waals surface area contributed by atoms with Gasteiger partial charge in [-0.05, 0) is 40.2 Å². The number of benzene rings is 2. The van der Waals surface area contributed by atoms with Gasteiger partial charge in [-0.3, -0.25) is 14.4 Å². The van der Waals surface area contributed by atoms with Crippen molar-refractivity contribution in [1.82, 2.24) is 4.98 Å². The molecule has 1 heterocycles. The van der Waals surface area contributed by atoms with Crippen molar-refractivity contribution < 1.29 is 55.3 Å². The van der Waals surface area contributed by atoms with Crippen molar-refractivity contribution in [2.75, 3.05) is 6.61 Å². The van der Waals surface area contributed by atoms with E-state index in [1.807, 2.05) is 0 Å². The quantitative estimate of drug-likeness (QED) is 0.242. The Labute approximate surface area is 218 Å². The SMILES string of the molecule is NC(=O)c1c(F)ccc(OC(COC(=O)CCC(=O)O)c2nc(-c3ccc(C(F)(F)F)cc3)c(Br)o2)c1F. The number of alkyl halides is 3. The number of ether oxygens (including phenoxy) is 2. The number of oxazole rings is 1. The van der Waals surface area contributed by atoms with Gasteiger partial charge in [0.15, 0.2) is 16.2 Å². The number of nitrogens with two attached hydrogens (primary N) is 1. The molecular formula is C23H16BrF5N2O7. The fourth-order valence-corrected chi connectivity index (χ4v) is 3.54. The number of carboxylic acid groups (broad SMARTS) is 1. The summed E-state index contributed by atoms with van der Waals surface area (Å²) < 4.78 is 83.1. The first-order valence-corrected chi connectivity index (χ1v) is 11.2. The van der Waals surface area contributed by atoms with E-state index in [2.05, 4.69) is 20.9 Å². The van der Waals surface area contributed by atoms with Crippen molar-refractivity contribution in [2.45, 2.75) is 25.1 Å². The number of rotatable bonds is 10. The van der Waals surface area contributed by atoms with E-state index in [4.69, 9.17) is 24.7 Å². The smallest absolute Gasteiger partial charge is 0.416 e. The third kappa shape index (κ3) is 6.85. The number of carbonyl (C=O) groups is 3. The number of aliphatic carboxylic acids is 1. The molecule has 0 saturated carbocycles. The number of carbonyl (C=O) groups excluding carboxylic acids is 2. The molecule has 2 aromatic carbocycles. The summed E-state index contributed by atoms with van der Waals surface area (Å²) >= 11 is 3.08. The number of carboxylic acids is 1. The number of hydrogen-bond donors (Lipinski definition) is 2. The van der Waals surface area contributed by atoms with Crippen LogP contribution in [0.3, 0.4) is 0 Å². The summed E-state index contributed by atoms with van der Waals surface area (Å²) in [5.74, 6) is -7.44. The zero-order valence-corrected chi connectivity index (χ0v) is 20.4. The van der Waals surface area contributed by atoms with Crippen molar-refractivity contribution in [3.63, 3.8) is 0 Å². The average molecular weight is 607 g/mol. The van der Waals surface area contributed by atoms with Crippen LogP contribution in [0.15, 0.2) is 45.5 Å². The van der Waals surface area contributed by atoms with E-state index in [9.17, 15) is 36.3 Å². The number of hydrogen-bond acceptors (Lipinski definition) is 7. The van der Waals surface area contributed by atoms with E-state index in [1.165, 1.54) is 0 Å². The molecule has 3 aromatic rings. The summed E-state index contributed by atoms with van der Waals surface area (Å²) in [5, 5.41) is 8.70. The van der Waals surface area contributed by atoms with Crippen LogP contribution in [0.2, 0.25) is 0 Å². The third-order valence-electron chi connectivity index (χ3n) is 4.87. The van der Waals surface area contributed by atoms with E-state index in [-0.39, 0.29) is 21.8 Å². The minimum atomic E-state index is -4.57. The van der Waals surface area contributed by atoms with Gasteiger partial charge >= 0.3 is 18.1 Å². The first-order valence-electron chi connectivity index (χ1n) is 10.4. The van der Waals surface area contributed by atoms with Gasteiger partial charge in [-0.1, -0.05) is 12.1 Å². The topological polar surface area (TPSA) is 142 Å². The number of halogens is 6. The molecule has 3 rings (SSSR count). The van der Waals surface area contributed by atoms with Crippen LogP contribution < -0.4 is 10.5 Å². The summed E-state index contributed by atoms with van der Waals surface area (Å²) in [4.78, 5) is 38.2. The highest BCUT2D eigenvalue weighted by Crippen LogP contribution is 2.36. The van der Waals surface area contributed by atoms with Gasteiger partial charge < -0.3 is 24.7 Å². The zero-order valence-electron chi connectivity index (χ0n) is 18.9. The molecule has 0 spiro atoms. The van der Waals surface area contributed by atoms with Crippen molar-refractivity contribution in [3.05, 3.63) is 69.7 Å². The highest BCUT2D eigenvalue weighted by Gasteiger charge is 2.31. The molecule has 0 aliphatic rings. The summed E-state index contributed by atoms with van der Waals surface area (Å²) in [6.45, 7) is -0.708. The molecule has 0 fully saturated rings. The van der Waals surface area contributed by atoms with Crippen molar-refractivity contribution in [1.29, 1.82) is 0 Å². The number of esters is 1. The van der Waals surface area contributed by atoms with E-state index < -0.39 is 78.1 Å². The van der Waals surface area contributed by atoms with Gasteiger partial charge in [-0.2, -0.15) is 13.2 Å². The molecule has 0 bridgehead atoms. The molecule has 9 nitrogen and oxygen atoms in total. The Morgan fingerprint density at radius 3 is 2.32 bits per heavy atom. The molecule has 1 amide bonds. The molecular weight excluding hydrogens is 591 g/mol. The Kier molecular flexibility index (Phi) is 8.70. The minimum Gasteiger partial charge on any atom is -0.481 e. The highest BCUT2D eigenvalue weighted by atomic mass is 79.9. The lowest BCUT2D eigenvalue weighted by Crippen LogP contribution is -2.21. The minimum absolute atomic E-state index is 0.0110. The van der Waals surface area contributed by atoms with Crippen LogP contribution in [-0.2, 0) is 20.5 Å². The van der Waals surface area contributed by atoms with Gasteiger partial charge in [0, 0.05) is 5.56 Å². The fourth-order valence-electron chi connectivity index (χ4n) is 3.06. The maximum Gasteiger partial charge on any atom is 0.416 e. The van der Waals surface area contributed by atoms with Crippen LogP contribution >= 0.6 is 15.9 Å². The molecule has 38 heavy (non-hydrogen) atoms. The number of aromatic nitrogens is 1. The van der Waals surface area contributed by atoms with Crippen molar-refractivity contribution in [2.24, 2.45) is 5.73 Å². The monoisotopic (exact) mass is 606 g/mol. The summed E-state index contributed by atoms with van der Waals surface area (Å²) in [5.41, 5.74) is 3.19. The van der Waals surface area contributed by atoms with Gasteiger partial charge in [-0.15, -0.1) is 0 Å². The van der Waals surface area contributed by atoms with Crippen LogP contribution in [0, 0.1) is 11.6 Å². The van der Waals surface area contributed by atoms with E-state index in [0.717, 1.165) is 30.3 Å². The number of amides is 1. The maximum absolute atomic E-state index is 14.8. The standard InChI is InChI=1S/C23H16BrF5N2O7/c24-20-19(10-1-3-11(4-2-10)23(27,28)29)31-22(38-20)14(9-36-16(34)8-7-15(32)33)37-13-6-5-12(25)17(18(13)26)21(30)35/h1-6,14H,7-9H2,(H2,30,35)(H,32,33). The molecule has 1 aromatic heterocycles. The molecule has 15 heteroatoms. The lowest BCUT2D eigenvalue weighted by Gasteiger charge is -2.17. The Hall–Kier alpha value is -4.01. The normalized spacial score (nSPS) is 12.2. The molecule has 0 aliphatic carbocycles. The van der Waals surface area contributed by atoms with Crippen LogP contribution in [0.1, 0.15) is 40.8 Å². The molecule has 0 aliphatic heterocycles. The second-order valence-corrected chi connectivity index (χ2v) is 8.25. The second kappa shape index (κ2) is 11.6. The van der Waals surface area contributed by atoms with Gasteiger partial charge in [0.25, 0.3) is 5.91 Å². The van der Waals surface area contributed by atoms with Gasteiger partial charge in [0.05, 0.1) is 18.4 Å². The largest absolute Gasteiger partial charge is 0.481 e. The Balaban J connectivity index is 1.95. The first-order chi connectivity index (χ1) is 17.8. The Bertz CT molecular complexity index is 1360. The molecule has 202 valence electrons. The third-order valence-corrected chi connectivity index (χ3v) is 5.41. The van der Waals surface area contributed by atoms with E-state index in [1.54, 1.807) is 0 Å². The second-order valence-electron chi connectivity index (χ2n) is 7.53. The average Bonchev–Trinajstić information content (AvgIpc) is 3.22. The maximum atomic E-state index is 14.8. The molecule has 1 unspecified atom stereocenters. The molecule has 0 radical (unpaired) electrons. The van der Waals surface area contributed by atoms with E-state index >= 15 is 0 Å². The predicted octanol–water partition coefficient (Wildman–Crippen LogP) is 5.03. The number of nitrogens with zero attached hydrogens (tertiary/aromatic N) is 1. The summed E-state index contributed by atoms with van der Waals surface area (Å²) in [7, 11) is 0. The van der Waals surface area contributed by atoms with Gasteiger partial charge in [0.2, 0.25) is 12.0 Å². The van der Waals surface area contributed by atoms with Crippen LogP contribution in [-0.4, -0.2) is 34.5 Å². The van der Waals surface area contributed by atoms with Crippen LogP contribution in [0.25, 0.3) is 11.3 Å². The lowest BCUT2D eigenvalue weighted by molar-refractivity contribution is -0.149. The molecule has 3 N–H and O–H groups in total. The predicted molar refractivity (Wildman–Crippen MR) is 121 cm³/mol. The number of primary amides is 1. The molecule has 1 atom stereocenters. The summed E-state index contributed by atoms with van der Waals surface area (Å²) in [6.07, 6.45) is -7.16. The van der Waals surface area contributed by atoms with Crippen LogP contribution in [0.4, 0.5) is 22.0 Å². The molecule has 0 saturated heterocycles. The van der Waals surface area contributed by atoms with Crippen molar-refractivity contribution in [3.8, 4) is 17.0 Å². The van der Waals surface area contributed by atoms with Crippen LogP contribution in [0.5, 0.6) is 5.75 Å². The van der Waals surface area contributed by atoms with E-state index in [0.29, 0.717) is 6.07 Å². The Morgan fingerprint density at radius 1 is 1.08 bits per heavy atom. The summed E-state index contributed by atoms with van der Waals surface area (Å²) in [6, 6.07) is 5.39. The first kappa shape index (κ1) is 28.6. The van der Waals surface area contributed by atoms with Gasteiger partial charge in [0.1, 0.15) is 23.7 Å². The van der Waals surface area contributed by atoms with Crippen molar-refractivity contribution >= 4 is 33.8 Å². The zero-order chi connectivity index (χ0) is 28.2.